The molecule has 172 valence electrons. The molecule has 0 amide bonds. The summed E-state index contributed by atoms with van der Waals surface area (Å²) in [5.41, 5.74) is 5.46. The average molecular weight is 481 g/mol. The lowest BCUT2D eigenvalue weighted by Crippen LogP contribution is -2.33. The van der Waals surface area contributed by atoms with Gasteiger partial charge in [-0.1, -0.05) is 35.4 Å². The quantitative estimate of drug-likeness (QED) is 0.395. The number of rotatable bonds is 6. The SMILES string of the molecule is Cc1cc(C)c(S(=O)(=O)N(Cc2cccs2)Cc2cc3cc(C)cc(C)c3[nH]c2=O)c(C)c1. The zero-order valence-corrected chi connectivity index (χ0v) is 21.2. The van der Waals surface area contributed by atoms with Crippen LogP contribution in [0, 0.1) is 34.6 Å². The lowest BCUT2D eigenvalue weighted by molar-refractivity contribution is 0.402. The summed E-state index contributed by atoms with van der Waals surface area (Å²) >= 11 is 1.50. The number of aryl methyl sites for hydroxylation is 5. The van der Waals surface area contributed by atoms with E-state index in [2.05, 4.69) is 4.98 Å². The molecular weight excluding hydrogens is 452 g/mol. The molecule has 4 aromatic rings. The fraction of sp³-hybridized carbons (Fsp3) is 0.269. The highest BCUT2D eigenvalue weighted by Gasteiger charge is 2.29. The molecule has 0 bridgehead atoms. The Bertz CT molecular complexity index is 1480. The second-order valence-electron chi connectivity index (χ2n) is 8.75. The van der Waals surface area contributed by atoms with Crippen LogP contribution in [0.4, 0.5) is 0 Å². The number of pyridine rings is 1. The molecule has 33 heavy (non-hydrogen) atoms. The second-order valence-corrected chi connectivity index (χ2v) is 11.7. The van der Waals surface area contributed by atoms with Gasteiger partial charge in [-0.3, -0.25) is 4.79 Å². The summed E-state index contributed by atoms with van der Waals surface area (Å²) in [7, 11) is -3.85. The maximum absolute atomic E-state index is 13.9. The maximum atomic E-state index is 13.9. The number of H-pyrrole nitrogens is 1. The topological polar surface area (TPSA) is 70.2 Å². The Labute approximate surface area is 198 Å². The van der Waals surface area contributed by atoms with Gasteiger partial charge < -0.3 is 4.98 Å². The fourth-order valence-electron chi connectivity index (χ4n) is 4.54. The van der Waals surface area contributed by atoms with Crippen molar-refractivity contribution in [2.75, 3.05) is 0 Å². The highest BCUT2D eigenvalue weighted by molar-refractivity contribution is 7.89. The van der Waals surface area contributed by atoms with Crippen LogP contribution >= 0.6 is 11.3 Å². The Morgan fingerprint density at radius 2 is 1.52 bits per heavy atom. The van der Waals surface area contributed by atoms with Crippen molar-refractivity contribution in [3.63, 3.8) is 0 Å². The van der Waals surface area contributed by atoms with Crippen molar-refractivity contribution in [2.45, 2.75) is 52.6 Å². The minimum absolute atomic E-state index is 0.00868. The lowest BCUT2D eigenvalue weighted by Gasteiger charge is -2.24. The van der Waals surface area contributed by atoms with Crippen molar-refractivity contribution in [2.24, 2.45) is 0 Å². The summed E-state index contributed by atoms with van der Waals surface area (Å²) in [5.74, 6) is 0. The standard InChI is InChI=1S/C26H28N2O3S2/c1-16-10-19(4)25(20(5)11-16)33(30,31)28(15-23-7-6-8-32-23)14-22-13-21-12-17(2)9-18(3)24(21)27-26(22)29/h6-13H,14-15H2,1-5H3,(H,27,29). The molecule has 1 N–H and O–H groups in total. The van der Waals surface area contributed by atoms with Crippen LogP contribution in [0.3, 0.4) is 0 Å². The van der Waals surface area contributed by atoms with Crippen molar-refractivity contribution in [1.82, 2.24) is 9.29 Å². The molecular formula is C26H28N2O3S2. The van der Waals surface area contributed by atoms with Crippen LogP contribution in [0.2, 0.25) is 0 Å². The van der Waals surface area contributed by atoms with Crippen LogP contribution in [0.1, 0.15) is 38.3 Å². The molecule has 2 aromatic carbocycles. The summed E-state index contributed by atoms with van der Waals surface area (Å²) in [6, 6.07) is 13.4. The van der Waals surface area contributed by atoms with E-state index in [9.17, 15) is 13.2 Å². The van der Waals surface area contributed by atoms with Crippen molar-refractivity contribution in [1.29, 1.82) is 0 Å². The van der Waals surface area contributed by atoms with E-state index >= 15 is 0 Å². The van der Waals surface area contributed by atoms with Gasteiger partial charge in [0.1, 0.15) is 0 Å². The van der Waals surface area contributed by atoms with Gasteiger partial charge in [0.2, 0.25) is 10.0 Å². The predicted octanol–water partition coefficient (Wildman–Crippen LogP) is 5.52. The van der Waals surface area contributed by atoms with Crippen LogP contribution in [0.5, 0.6) is 0 Å². The second kappa shape index (κ2) is 8.89. The molecule has 0 atom stereocenters. The van der Waals surface area contributed by atoms with Gasteiger partial charge in [-0.25, -0.2) is 8.42 Å². The van der Waals surface area contributed by atoms with Crippen molar-refractivity contribution < 1.29 is 8.42 Å². The third kappa shape index (κ3) is 4.67. The van der Waals surface area contributed by atoms with Gasteiger partial charge in [0.25, 0.3) is 5.56 Å². The van der Waals surface area contributed by atoms with E-state index in [1.807, 2.05) is 82.5 Å². The maximum Gasteiger partial charge on any atom is 0.252 e. The Kier molecular flexibility index (Phi) is 6.31. The van der Waals surface area contributed by atoms with Gasteiger partial charge in [0.05, 0.1) is 10.4 Å². The molecule has 0 saturated carbocycles. The number of fused-ring (bicyclic) bond motifs is 1. The van der Waals surface area contributed by atoms with E-state index in [4.69, 9.17) is 0 Å². The lowest BCUT2D eigenvalue weighted by atomic mass is 10.1. The van der Waals surface area contributed by atoms with Gasteiger partial charge >= 0.3 is 0 Å². The smallest absolute Gasteiger partial charge is 0.252 e. The van der Waals surface area contributed by atoms with Crippen molar-refractivity contribution in [3.05, 3.63) is 96.5 Å². The molecule has 0 fully saturated rings. The molecule has 0 unspecified atom stereocenters. The van der Waals surface area contributed by atoms with Crippen molar-refractivity contribution in [3.8, 4) is 0 Å². The number of nitrogens with zero attached hydrogens (tertiary/aromatic N) is 1. The van der Waals surface area contributed by atoms with Crippen LogP contribution < -0.4 is 5.56 Å². The number of aromatic nitrogens is 1. The van der Waals surface area contributed by atoms with E-state index in [-0.39, 0.29) is 18.6 Å². The van der Waals surface area contributed by atoms with Crippen LogP contribution in [-0.2, 0) is 23.1 Å². The Morgan fingerprint density at radius 1 is 0.879 bits per heavy atom. The zero-order valence-electron chi connectivity index (χ0n) is 19.5. The molecule has 7 heteroatoms. The van der Waals surface area contributed by atoms with Gasteiger partial charge in [-0.15, -0.1) is 11.3 Å². The summed E-state index contributed by atoms with van der Waals surface area (Å²) in [4.78, 5) is 17.2. The summed E-state index contributed by atoms with van der Waals surface area (Å²) in [6.07, 6.45) is 0. The number of thiophene rings is 1. The minimum atomic E-state index is -3.85. The highest BCUT2D eigenvalue weighted by atomic mass is 32.2. The normalized spacial score (nSPS) is 12.1. The van der Waals surface area contributed by atoms with E-state index in [0.29, 0.717) is 21.6 Å². The molecule has 0 aliphatic heterocycles. The molecule has 0 spiro atoms. The van der Waals surface area contributed by atoms with Gasteiger partial charge in [0, 0.05) is 23.5 Å². The van der Waals surface area contributed by atoms with E-state index in [0.717, 1.165) is 32.5 Å². The minimum Gasteiger partial charge on any atom is -0.321 e. The highest BCUT2D eigenvalue weighted by Crippen LogP contribution is 2.29. The van der Waals surface area contributed by atoms with Crippen molar-refractivity contribution >= 4 is 32.3 Å². The van der Waals surface area contributed by atoms with E-state index in [1.54, 1.807) is 0 Å². The summed E-state index contributed by atoms with van der Waals surface area (Å²) in [5, 5.41) is 2.83. The molecule has 0 saturated heterocycles. The summed E-state index contributed by atoms with van der Waals surface area (Å²) < 4.78 is 29.3. The molecule has 4 rings (SSSR count). The first-order valence-electron chi connectivity index (χ1n) is 10.8. The number of benzene rings is 2. The number of aromatic amines is 1. The van der Waals surface area contributed by atoms with Crippen LogP contribution in [0.25, 0.3) is 10.9 Å². The van der Waals surface area contributed by atoms with Crippen LogP contribution in [-0.4, -0.2) is 17.7 Å². The zero-order chi connectivity index (χ0) is 23.9. The molecule has 2 heterocycles. The van der Waals surface area contributed by atoms with E-state index < -0.39 is 10.0 Å². The Hall–Kier alpha value is -2.74. The number of nitrogens with one attached hydrogen (secondary N) is 1. The van der Waals surface area contributed by atoms with Crippen LogP contribution in [0.15, 0.2) is 57.5 Å². The molecule has 0 radical (unpaired) electrons. The molecule has 0 aliphatic carbocycles. The monoisotopic (exact) mass is 480 g/mol. The number of hydrogen-bond acceptors (Lipinski definition) is 4. The number of hydrogen-bond donors (Lipinski definition) is 1. The number of sulfonamides is 1. The first kappa shape index (κ1) is 23.4. The fourth-order valence-corrected chi connectivity index (χ4v) is 7.15. The van der Waals surface area contributed by atoms with E-state index in [1.165, 1.54) is 15.6 Å². The molecule has 5 nitrogen and oxygen atoms in total. The van der Waals surface area contributed by atoms with Gasteiger partial charge in [-0.2, -0.15) is 4.31 Å². The summed E-state index contributed by atoms with van der Waals surface area (Å²) in [6.45, 7) is 9.77. The predicted molar refractivity (Wildman–Crippen MR) is 135 cm³/mol. The average Bonchev–Trinajstić information content (AvgIpc) is 3.21. The first-order chi connectivity index (χ1) is 15.6. The Balaban J connectivity index is 1.84. The molecule has 2 aromatic heterocycles. The third-order valence-electron chi connectivity index (χ3n) is 5.83. The Morgan fingerprint density at radius 3 is 2.15 bits per heavy atom. The third-order valence-corrected chi connectivity index (χ3v) is 8.79. The molecule has 0 aliphatic rings. The largest absolute Gasteiger partial charge is 0.321 e. The van der Waals surface area contributed by atoms with Gasteiger partial charge in [0.15, 0.2) is 0 Å². The first-order valence-corrected chi connectivity index (χ1v) is 13.1. The van der Waals surface area contributed by atoms with Gasteiger partial charge in [-0.05, 0) is 80.3 Å².